The highest BCUT2D eigenvalue weighted by Crippen LogP contribution is 2.26. The van der Waals surface area contributed by atoms with E-state index in [1.165, 1.54) is 13.0 Å². The lowest BCUT2D eigenvalue weighted by Crippen LogP contribution is -2.19. The van der Waals surface area contributed by atoms with Gasteiger partial charge in [0.15, 0.2) is 5.69 Å². The van der Waals surface area contributed by atoms with Crippen LogP contribution in [0, 0.1) is 11.3 Å². The molecule has 0 saturated heterocycles. The summed E-state index contributed by atoms with van der Waals surface area (Å²) in [5, 5.41) is 8.70. The fourth-order valence-corrected chi connectivity index (χ4v) is 1.17. The summed E-state index contributed by atoms with van der Waals surface area (Å²) in [6.45, 7) is 1.51. The largest absolute Gasteiger partial charge is 0.574 e. The lowest BCUT2D eigenvalue weighted by atomic mass is 10.2. The molecule has 0 spiro atoms. The third-order valence-corrected chi connectivity index (χ3v) is 1.86. The van der Waals surface area contributed by atoms with E-state index in [1.54, 1.807) is 0 Å². The van der Waals surface area contributed by atoms with Crippen LogP contribution in [0.5, 0.6) is 5.88 Å². The van der Waals surface area contributed by atoms with Crippen molar-refractivity contribution in [2.24, 2.45) is 0 Å². The average Bonchev–Trinajstić information content (AvgIpc) is 2.29. The summed E-state index contributed by atoms with van der Waals surface area (Å²) in [6, 6.07) is 2.14. The number of aromatic nitrogens is 1. The summed E-state index contributed by atoms with van der Waals surface area (Å²) in [7, 11) is 0. The quantitative estimate of drug-likeness (QED) is 0.841. The number of hydrogen-bond acceptors (Lipinski definition) is 6. The van der Waals surface area contributed by atoms with Gasteiger partial charge < -0.3 is 15.2 Å². The topological polar surface area (TPSA) is 98.2 Å². The zero-order chi connectivity index (χ0) is 14.6. The SMILES string of the molecule is CCOC(=O)c1cc(OC(F)(F)F)nc(C#N)c1N. The van der Waals surface area contributed by atoms with Gasteiger partial charge in [-0.05, 0) is 6.92 Å². The van der Waals surface area contributed by atoms with E-state index in [2.05, 4.69) is 14.5 Å². The third kappa shape index (κ3) is 3.74. The van der Waals surface area contributed by atoms with Crippen LogP contribution in [0.4, 0.5) is 18.9 Å². The van der Waals surface area contributed by atoms with Crippen LogP contribution in [0.25, 0.3) is 0 Å². The maximum Gasteiger partial charge on any atom is 0.574 e. The van der Waals surface area contributed by atoms with Gasteiger partial charge in [-0.25, -0.2) is 9.78 Å². The molecule has 0 aliphatic carbocycles. The van der Waals surface area contributed by atoms with E-state index in [0.29, 0.717) is 6.07 Å². The maximum absolute atomic E-state index is 12.1. The zero-order valence-corrected chi connectivity index (χ0v) is 9.61. The van der Waals surface area contributed by atoms with Crippen molar-refractivity contribution in [3.63, 3.8) is 0 Å². The van der Waals surface area contributed by atoms with Crippen molar-refractivity contribution in [3.8, 4) is 11.9 Å². The van der Waals surface area contributed by atoms with Gasteiger partial charge in [-0.2, -0.15) is 5.26 Å². The number of nitrogen functional groups attached to an aromatic ring is 1. The van der Waals surface area contributed by atoms with Crippen molar-refractivity contribution in [2.75, 3.05) is 12.3 Å². The van der Waals surface area contributed by atoms with Crippen LogP contribution in [0.15, 0.2) is 6.07 Å². The number of nitrogens with two attached hydrogens (primary N) is 1. The summed E-state index contributed by atoms with van der Waals surface area (Å²) < 4.78 is 44.3. The predicted octanol–water partition coefficient (Wildman–Crippen LogP) is 1.61. The number of nitriles is 1. The van der Waals surface area contributed by atoms with Crippen molar-refractivity contribution < 1.29 is 27.4 Å². The number of ether oxygens (including phenoxy) is 2. The minimum absolute atomic E-state index is 0.00204. The van der Waals surface area contributed by atoms with Gasteiger partial charge in [0.25, 0.3) is 0 Å². The van der Waals surface area contributed by atoms with Gasteiger partial charge in [-0.1, -0.05) is 0 Å². The van der Waals surface area contributed by atoms with Crippen LogP contribution < -0.4 is 10.5 Å². The number of pyridine rings is 1. The Morgan fingerprint density at radius 2 is 2.21 bits per heavy atom. The summed E-state index contributed by atoms with van der Waals surface area (Å²) in [5.74, 6) is -1.92. The summed E-state index contributed by atoms with van der Waals surface area (Å²) >= 11 is 0. The van der Waals surface area contributed by atoms with Crippen LogP contribution in [-0.2, 0) is 4.74 Å². The van der Waals surface area contributed by atoms with E-state index in [1.807, 2.05) is 0 Å². The van der Waals surface area contributed by atoms with Crippen molar-refractivity contribution in [1.82, 2.24) is 4.98 Å². The lowest BCUT2D eigenvalue weighted by Gasteiger charge is -2.11. The van der Waals surface area contributed by atoms with Gasteiger partial charge >= 0.3 is 12.3 Å². The van der Waals surface area contributed by atoms with Gasteiger partial charge in [-0.15, -0.1) is 13.2 Å². The molecule has 0 bridgehead atoms. The molecular weight excluding hydrogens is 267 g/mol. The van der Waals surface area contributed by atoms with Gasteiger partial charge in [0.2, 0.25) is 5.88 Å². The molecule has 9 heteroatoms. The van der Waals surface area contributed by atoms with Crippen molar-refractivity contribution in [3.05, 3.63) is 17.3 Å². The second-order valence-electron chi connectivity index (χ2n) is 3.15. The molecule has 102 valence electrons. The smallest absolute Gasteiger partial charge is 0.462 e. The van der Waals surface area contributed by atoms with Crippen LogP contribution >= 0.6 is 0 Å². The van der Waals surface area contributed by atoms with E-state index in [-0.39, 0.29) is 12.3 Å². The Bertz CT molecular complexity index is 537. The molecule has 0 atom stereocenters. The number of alkyl halides is 3. The number of esters is 1. The molecule has 0 saturated carbocycles. The monoisotopic (exact) mass is 275 g/mol. The molecule has 19 heavy (non-hydrogen) atoms. The molecule has 1 heterocycles. The van der Waals surface area contributed by atoms with Gasteiger partial charge in [0.05, 0.1) is 17.9 Å². The highest BCUT2D eigenvalue weighted by atomic mass is 19.4. The summed E-state index contributed by atoms with van der Waals surface area (Å²) in [6.07, 6.45) is -5.00. The minimum Gasteiger partial charge on any atom is -0.462 e. The van der Waals surface area contributed by atoms with E-state index >= 15 is 0 Å². The Morgan fingerprint density at radius 1 is 1.58 bits per heavy atom. The normalized spacial score (nSPS) is 10.7. The lowest BCUT2D eigenvalue weighted by molar-refractivity contribution is -0.276. The van der Waals surface area contributed by atoms with Gasteiger partial charge in [0, 0.05) is 6.07 Å². The second-order valence-corrected chi connectivity index (χ2v) is 3.15. The summed E-state index contributed by atoms with van der Waals surface area (Å²) in [4.78, 5) is 14.7. The molecule has 0 aliphatic rings. The molecule has 1 aromatic rings. The molecule has 0 radical (unpaired) electrons. The molecule has 0 amide bonds. The van der Waals surface area contributed by atoms with Crippen LogP contribution in [0.3, 0.4) is 0 Å². The number of carbonyl (C=O) groups is 1. The first-order valence-corrected chi connectivity index (χ1v) is 4.92. The third-order valence-electron chi connectivity index (χ3n) is 1.86. The average molecular weight is 275 g/mol. The predicted molar refractivity (Wildman–Crippen MR) is 56.0 cm³/mol. The van der Waals surface area contributed by atoms with Crippen LogP contribution in [0.2, 0.25) is 0 Å². The van der Waals surface area contributed by atoms with E-state index in [0.717, 1.165) is 0 Å². The van der Waals surface area contributed by atoms with Gasteiger partial charge in [0.1, 0.15) is 6.07 Å². The molecule has 0 fully saturated rings. The number of anilines is 1. The Balaban J connectivity index is 3.27. The number of carbonyl (C=O) groups excluding carboxylic acids is 1. The zero-order valence-electron chi connectivity index (χ0n) is 9.61. The van der Waals surface area contributed by atoms with Gasteiger partial charge in [-0.3, -0.25) is 0 Å². The summed E-state index contributed by atoms with van der Waals surface area (Å²) in [5.41, 5.74) is 4.11. The van der Waals surface area contributed by atoms with E-state index in [9.17, 15) is 18.0 Å². The molecule has 1 rings (SSSR count). The van der Waals surface area contributed by atoms with Crippen LogP contribution in [-0.4, -0.2) is 23.9 Å². The molecule has 6 nitrogen and oxygen atoms in total. The Morgan fingerprint density at radius 3 is 2.68 bits per heavy atom. The second kappa shape index (κ2) is 5.43. The Labute approximate surface area is 105 Å². The molecule has 0 aliphatic heterocycles. The molecule has 0 unspecified atom stereocenters. The standard InChI is InChI=1S/C10H8F3N3O3/c1-2-18-9(17)5-3-7(19-10(11,12)13)16-6(4-14)8(5)15/h3H,2,15H2,1H3. The number of halogens is 3. The maximum atomic E-state index is 12.1. The Hall–Kier alpha value is -2.50. The molecule has 0 aromatic carbocycles. The minimum atomic E-state index is -5.00. The molecule has 1 aromatic heterocycles. The fourth-order valence-electron chi connectivity index (χ4n) is 1.17. The van der Waals surface area contributed by atoms with E-state index < -0.39 is 29.5 Å². The number of nitrogens with zero attached hydrogens (tertiary/aromatic N) is 2. The number of hydrogen-bond donors (Lipinski definition) is 1. The van der Waals surface area contributed by atoms with Crippen molar-refractivity contribution in [2.45, 2.75) is 13.3 Å². The first kappa shape index (κ1) is 14.6. The van der Waals surface area contributed by atoms with Crippen molar-refractivity contribution >= 4 is 11.7 Å². The number of rotatable bonds is 3. The first-order chi connectivity index (χ1) is 8.78. The van der Waals surface area contributed by atoms with Crippen molar-refractivity contribution in [1.29, 1.82) is 5.26 Å². The first-order valence-electron chi connectivity index (χ1n) is 4.92. The van der Waals surface area contributed by atoms with Crippen LogP contribution in [0.1, 0.15) is 23.0 Å². The highest BCUT2D eigenvalue weighted by molar-refractivity contribution is 5.96. The van der Waals surface area contributed by atoms with E-state index in [4.69, 9.17) is 11.0 Å². The molecular formula is C10H8F3N3O3. The molecule has 2 N–H and O–H groups in total. The fraction of sp³-hybridized carbons (Fsp3) is 0.300. The Kier molecular flexibility index (Phi) is 4.16. The highest BCUT2D eigenvalue weighted by Gasteiger charge is 2.33.